The van der Waals surface area contributed by atoms with Crippen molar-refractivity contribution < 1.29 is 9.90 Å². The molecule has 0 radical (unpaired) electrons. The van der Waals surface area contributed by atoms with E-state index in [0.717, 1.165) is 22.9 Å². The highest BCUT2D eigenvalue weighted by Crippen LogP contribution is 2.19. The number of amides is 1. The van der Waals surface area contributed by atoms with Crippen LogP contribution in [0.15, 0.2) is 12.3 Å². The number of rotatable bonds is 5. The first-order valence-electron chi connectivity index (χ1n) is 8.15. The average molecular weight is 342 g/mol. The molecule has 0 aliphatic carbocycles. The third-order valence-corrected chi connectivity index (χ3v) is 4.06. The molecule has 0 aliphatic rings. The molecule has 3 rings (SSSR count). The highest BCUT2D eigenvalue weighted by atomic mass is 16.3. The number of aliphatic hydroxyl groups is 1. The lowest BCUT2D eigenvalue weighted by Gasteiger charge is -2.20. The number of hydrogen-bond donors (Lipinski definition) is 2. The van der Waals surface area contributed by atoms with E-state index >= 15 is 0 Å². The lowest BCUT2D eigenvalue weighted by atomic mass is 10.2. The van der Waals surface area contributed by atoms with Crippen LogP contribution in [-0.2, 0) is 6.54 Å². The number of carbonyl (C=O) groups is 1. The summed E-state index contributed by atoms with van der Waals surface area (Å²) in [6, 6.07) is 1.92. The highest BCUT2D eigenvalue weighted by molar-refractivity contribution is 6.01. The topological polar surface area (TPSA) is 99.4 Å². The van der Waals surface area contributed by atoms with Gasteiger partial charge in [0.05, 0.1) is 30.7 Å². The van der Waals surface area contributed by atoms with Gasteiger partial charge in [0.2, 0.25) is 0 Å². The van der Waals surface area contributed by atoms with E-state index < -0.39 is 0 Å². The van der Waals surface area contributed by atoms with Crippen LogP contribution >= 0.6 is 0 Å². The standard InChI is InChI=1S/C17H22N6O2/c1-10-7-11(2)23-16(19-10)15(12(3)21-23)17(25)22(5-6-24)9-14-8-18-13(4)20-14/h7-8,24H,5-6,9H2,1-4H3,(H,18,20). The maximum Gasteiger partial charge on any atom is 0.260 e. The predicted molar refractivity (Wildman–Crippen MR) is 92.3 cm³/mol. The van der Waals surface area contributed by atoms with E-state index in [9.17, 15) is 9.90 Å². The maximum atomic E-state index is 13.2. The van der Waals surface area contributed by atoms with Gasteiger partial charge in [0, 0.05) is 17.9 Å². The smallest absolute Gasteiger partial charge is 0.260 e. The van der Waals surface area contributed by atoms with Crippen molar-refractivity contribution in [2.45, 2.75) is 34.2 Å². The van der Waals surface area contributed by atoms with E-state index in [-0.39, 0.29) is 19.1 Å². The van der Waals surface area contributed by atoms with Gasteiger partial charge in [-0.2, -0.15) is 5.10 Å². The normalized spacial score (nSPS) is 11.2. The van der Waals surface area contributed by atoms with Crippen molar-refractivity contribution in [3.63, 3.8) is 0 Å². The molecule has 0 bridgehead atoms. The lowest BCUT2D eigenvalue weighted by molar-refractivity contribution is 0.0706. The van der Waals surface area contributed by atoms with Gasteiger partial charge in [0.25, 0.3) is 5.91 Å². The largest absolute Gasteiger partial charge is 0.395 e. The van der Waals surface area contributed by atoms with Gasteiger partial charge in [-0.05, 0) is 33.8 Å². The van der Waals surface area contributed by atoms with Crippen LogP contribution in [0.3, 0.4) is 0 Å². The van der Waals surface area contributed by atoms with Gasteiger partial charge in [-0.3, -0.25) is 4.79 Å². The molecular formula is C17H22N6O2. The van der Waals surface area contributed by atoms with Gasteiger partial charge >= 0.3 is 0 Å². The van der Waals surface area contributed by atoms with Crippen molar-refractivity contribution in [1.29, 1.82) is 0 Å². The molecule has 132 valence electrons. The third-order valence-electron chi connectivity index (χ3n) is 4.06. The number of nitrogens with one attached hydrogen (secondary N) is 1. The first kappa shape index (κ1) is 17.1. The molecule has 3 heterocycles. The molecule has 0 aromatic carbocycles. The fourth-order valence-electron chi connectivity index (χ4n) is 2.97. The second-order valence-corrected chi connectivity index (χ2v) is 6.18. The van der Waals surface area contributed by atoms with E-state index in [1.165, 1.54) is 0 Å². The Morgan fingerprint density at radius 2 is 2.08 bits per heavy atom. The summed E-state index contributed by atoms with van der Waals surface area (Å²) in [4.78, 5) is 26.5. The van der Waals surface area contributed by atoms with Crippen molar-refractivity contribution in [3.05, 3.63) is 46.4 Å². The van der Waals surface area contributed by atoms with E-state index in [0.29, 0.717) is 23.4 Å². The van der Waals surface area contributed by atoms with Crippen molar-refractivity contribution in [2.24, 2.45) is 0 Å². The van der Waals surface area contributed by atoms with Crippen LogP contribution in [0.1, 0.15) is 39.0 Å². The molecule has 3 aromatic heterocycles. The summed E-state index contributed by atoms with van der Waals surface area (Å²) < 4.78 is 1.69. The summed E-state index contributed by atoms with van der Waals surface area (Å²) in [7, 11) is 0. The Kier molecular flexibility index (Phi) is 4.54. The Morgan fingerprint density at radius 3 is 2.72 bits per heavy atom. The molecule has 0 aliphatic heterocycles. The minimum absolute atomic E-state index is 0.122. The Labute approximate surface area is 145 Å². The summed E-state index contributed by atoms with van der Waals surface area (Å²) in [5.74, 6) is 0.581. The van der Waals surface area contributed by atoms with Gasteiger partial charge < -0.3 is 15.0 Å². The second kappa shape index (κ2) is 6.64. The summed E-state index contributed by atoms with van der Waals surface area (Å²) in [5.41, 5.74) is 4.20. The van der Waals surface area contributed by atoms with Crippen LogP contribution in [0.4, 0.5) is 0 Å². The molecule has 0 saturated carbocycles. The predicted octanol–water partition coefficient (Wildman–Crippen LogP) is 1.32. The SMILES string of the molecule is Cc1cc(C)n2nc(C)c(C(=O)N(CCO)Cc3cnc(C)[nH]3)c2n1. The van der Waals surface area contributed by atoms with Crippen molar-refractivity contribution >= 4 is 11.6 Å². The summed E-state index contributed by atoms with van der Waals surface area (Å²) >= 11 is 0. The maximum absolute atomic E-state index is 13.2. The first-order chi connectivity index (χ1) is 11.9. The van der Waals surface area contributed by atoms with Gasteiger partial charge in [-0.1, -0.05) is 0 Å². The third kappa shape index (κ3) is 3.25. The zero-order valence-corrected chi connectivity index (χ0v) is 14.9. The van der Waals surface area contributed by atoms with E-state index in [4.69, 9.17) is 0 Å². The Bertz CT molecular complexity index is 927. The number of aromatic nitrogens is 5. The molecule has 2 N–H and O–H groups in total. The number of carbonyl (C=O) groups excluding carboxylic acids is 1. The van der Waals surface area contributed by atoms with Crippen LogP contribution < -0.4 is 0 Å². The minimum Gasteiger partial charge on any atom is -0.395 e. The van der Waals surface area contributed by atoms with E-state index in [1.807, 2.05) is 26.8 Å². The van der Waals surface area contributed by atoms with Crippen molar-refractivity contribution in [1.82, 2.24) is 29.5 Å². The Hall–Kier alpha value is -2.74. The number of aryl methyl sites for hydroxylation is 4. The van der Waals surface area contributed by atoms with E-state index in [2.05, 4.69) is 20.1 Å². The fraction of sp³-hybridized carbons (Fsp3) is 0.412. The van der Waals surface area contributed by atoms with Crippen LogP contribution in [-0.4, -0.2) is 53.6 Å². The summed E-state index contributed by atoms with van der Waals surface area (Å²) in [6.45, 7) is 7.91. The minimum atomic E-state index is -0.202. The number of fused-ring (bicyclic) bond motifs is 1. The lowest BCUT2D eigenvalue weighted by Crippen LogP contribution is -2.33. The number of nitrogens with zero attached hydrogens (tertiary/aromatic N) is 5. The molecule has 0 spiro atoms. The Morgan fingerprint density at radius 1 is 1.32 bits per heavy atom. The number of hydrogen-bond acceptors (Lipinski definition) is 5. The number of aromatic amines is 1. The molecule has 1 amide bonds. The van der Waals surface area contributed by atoms with Crippen molar-refractivity contribution in [2.75, 3.05) is 13.2 Å². The van der Waals surface area contributed by atoms with Crippen LogP contribution in [0, 0.1) is 27.7 Å². The van der Waals surface area contributed by atoms with Crippen molar-refractivity contribution in [3.8, 4) is 0 Å². The molecule has 3 aromatic rings. The molecular weight excluding hydrogens is 320 g/mol. The molecule has 0 unspecified atom stereocenters. The Balaban J connectivity index is 2.02. The molecule has 25 heavy (non-hydrogen) atoms. The van der Waals surface area contributed by atoms with Gasteiger partial charge in [0.1, 0.15) is 11.4 Å². The zero-order valence-electron chi connectivity index (χ0n) is 14.9. The van der Waals surface area contributed by atoms with Gasteiger partial charge in [0.15, 0.2) is 5.65 Å². The first-order valence-corrected chi connectivity index (χ1v) is 8.15. The second-order valence-electron chi connectivity index (χ2n) is 6.18. The molecule has 0 atom stereocenters. The monoisotopic (exact) mass is 342 g/mol. The van der Waals surface area contributed by atoms with E-state index in [1.54, 1.807) is 22.5 Å². The molecule has 8 heteroatoms. The number of aliphatic hydroxyl groups excluding tert-OH is 1. The summed E-state index contributed by atoms with van der Waals surface area (Å²) in [6.07, 6.45) is 1.70. The average Bonchev–Trinajstić information content (AvgIpc) is 3.09. The fourth-order valence-corrected chi connectivity index (χ4v) is 2.97. The van der Waals surface area contributed by atoms with Crippen LogP contribution in [0.25, 0.3) is 5.65 Å². The summed E-state index contributed by atoms with van der Waals surface area (Å²) in [5, 5.41) is 13.8. The van der Waals surface area contributed by atoms with Gasteiger partial charge in [-0.15, -0.1) is 0 Å². The number of imidazole rings is 1. The molecule has 0 saturated heterocycles. The molecule has 8 nitrogen and oxygen atoms in total. The quantitative estimate of drug-likeness (QED) is 0.728. The number of H-pyrrole nitrogens is 1. The zero-order chi connectivity index (χ0) is 18.1. The van der Waals surface area contributed by atoms with Gasteiger partial charge in [-0.25, -0.2) is 14.5 Å². The highest BCUT2D eigenvalue weighted by Gasteiger charge is 2.25. The van der Waals surface area contributed by atoms with Crippen LogP contribution in [0.5, 0.6) is 0 Å². The molecule has 0 fully saturated rings. The van der Waals surface area contributed by atoms with Crippen LogP contribution in [0.2, 0.25) is 0 Å².